The molecule has 0 radical (unpaired) electrons. The Hall–Kier alpha value is -9.37. The minimum atomic E-state index is -2.46. The minimum Gasteiger partial charge on any atom is -0.463 e. The third-order valence-corrected chi connectivity index (χ3v) is 15.0. The summed E-state index contributed by atoms with van der Waals surface area (Å²) in [6, 6.07) is 0. The Morgan fingerprint density at radius 3 is 0.617 bits per heavy atom. The van der Waals surface area contributed by atoms with Gasteiger partial charge >= 0.3 is 101 Å². The zero-order valence-electron chi connectivity index (χ0n) is 61.0. The lowest BCUT2D eigenvalue weighted by molar-refractivity contribution is -0.391. The van der Waals surface area contributed by atoms with E-state index in [9.17, 15) is 81.5 Å². The molecule has 5 fully saturated rings. The largest absolute Gasteiger partial charge is 0.463 e. The molecule has 43 heteroatoms. The molecule has 0 aromatic carbocycles. The van der Waals surface area contributed by atoms with Gasteiger partial charge in [-0.3, -0.25) is 81.5 Å². The highest BCUT2D eigenvalue weighted by Crippen LogP contribution is 2.41. The van der Waals surface area contributed by atoms with Crippen molar-refractivity contribution in [1.82, 2.24) is 0 Å². The van der Waals surface area contributed by atoms with Crippen LogP contribution >= 0.6 is 0 Å². The third kappa shape index (κ3) is 26.8. The van der Waals surface area contributed by atoms with Gasteiger partial charge in [0, 0.05) is 118 Å². The maximum atomic E-state index is 13.7. The smallest absolute Gasteiger partial charge is 0.305 e. The quantitative estimate of drug-likeness (QED) is 0.0543. The lowest BCUT2D eigenvalue weighted by Crippen LogP contribution is -2.69. The Balaban J connectivity index is 1.84. The average Bonchev–Trinajstić information content (AvgIpc) is 0.771. The van der Waals surface area contributed by atoms with E-state index in [0.29, 0.717) is 0 Å². The molecule has 0 saturated carbocycles. The zero-order valence-corrected chi connectivity index (χ0v) is 61.0. The predicted molar refractivity (Wildman–Crippen MR) is 329 cm³/mol. The van der Waals surface area contributed by atoms with Crippen molar-refractivity contribution >= 4 is 101 Å². The van der Waals surface area contributed by atoms with Crippen molar-refractivity contribution < 1.29 is 205 Å². The van der Waals surface area contributed by atoms with Crippen molar-refractivity contribution in [3.63, 3.8) is 0 Å². The summed E-state index contributed by atoms with van der Waals surface area (Å²) >= 11 is 0. The number of esters is 17. The number of rotatable bonds is 30. The van der Waals surface area contributed by atoms with Crippen molar-refractivity contribution in [1.29, 1.82) is 0 Å². The van der Waals surface area contributed by atoms with Crippen LogP contribution in [0, 0.1) is 0 Å². The molecule has 0 N–H and O–H groups in total. The van der Waals surface area contributed by atoms with Crippen LogP contribution in [0.3, 0.4) is 0 Å². The molecule has 43 nitrogen and oxygen atoms in total. The van der Waals surface area contributed by atoms with Gasteiger partial charge in [0.1, 0.15) is 63.1 Å². The molecule has 25 atom stereocenters. The maximum Gasteiger partial charge on any atom is 0.305 e. The van der Waals surface area contributed by atoms with Crippen molar-refractivity contribution in [3.8, 4) is 0 Å². The SMILES string of the molecule is CC(=O)OC[C@H]1O[C@H](O[C@@H]2[C@@H](OC[C@H]3OC(OC(C)=O)[C@@H](OC(C)=O)[C@@H](O[C@H]4O[C@H](COC(C)=O)[C@@H](OC(C)=O)[C@H](OC(C)=O)[C@@H]4O[C@H]4O[C@H](COC(C)=O)[C@@H](OC(C)=O)[C@H](OC(C)=O)[C@@H]4OC(C)=O)[C@@H]3OC(C)=O)O[C@H](COC(C)=O)[C@@H](OC(C)=O)[C@@H]2OC(C)=O)[C@@H](OC(C)=O)[C@@H](OC(C)=O)[C@@H]1OC(C)=O. The van der Waals surface area contributed by atoms with Gasteiger partial charge < -0.3 is 123 Å². The Bertz CT molecular complexity index is 3240. The molecule has 5 aliphatic heterocycles. The first kappa shape index (κ1) is 88.3. The minimum absolute atomic E-state index is 0.830. The van der Waals surface area contributed by atoms with E-state index in [0.717, 1.165) is 118 Å². The maximum absolute atomic E-state index is 13.7. The summed E-state index contributed by atoms with van der Waals surface area (Å²) in [5.41, 5.74) is 0. The molecule has 5 rings (SSSR count). The van der Waals surface area contributed by atoms with E-state index in [1.165, 1.54) is 0 Å². The average molecular weight is 1540 g/mol. The lowest BCUT2D eigenvalue weighted by Gasteiger charge is -2.51. The van der Waals surface area contributed by atoms with Crippen LogP contribution in [0.25, 0.3) is 0 Å². The van der Waals surface area contributed by atoms with Gasteiger partial charge in [-0.25, -0.2) is 0 Å². The molecule has 107 heavy (non-hydrogen) atoms. The number of carbonyl (C=O) groups excluding carboxylic acids is 17. The standard InChI is InChI=1S/C64H86O43/c1-23(65)82-18-40-45(87-27(5)69)50(92-32(10)74)55(106-62-56(96-36(14)78)51(93-33(11)75)46(88-28(6)70)41(102-62)19-83-24(2)66)60(100-40)86-22-44-49(91-31(9)73)54(58(98-38(16)80)61(101-44)99-39(17)81)105-64-59(53(95-35(13)77)48(90-30(8)72)43(104-64)21-85-26(4)68)107-63-57(97-37(15)79)52(94-34(12)76)47(89-29(7)71)42(103-63)20-84-25(3)67/h40-64H,18-22H2,1-17H3/t40-,41-,42-,43-,44-,45-,46-,47-,48-,49-,50+,51+,52+,53+,54+,55+,56+,57+,58+,59+,60+,61?,62-,63-,64-/m1/s1. The molecule has 0 aromatic rings. The fraction of sp³-hybridized carbons (Fsp3) is 0.734. The summed E-state index contributed by atoms with van der Waals surface area (Å²) in [4.78, 5) is 221. The van der Waals surface area contributed by atoms with Gasteiger partial charge in [-0.05, 0) is 0 Å². The van der Waals surface area contributed by atoms with Crippen LogP contribution in [-0.4, -0.2) is 288 Å². The molecule has 5 aliphatic rings. The predicted octanol–water partition coefficient (Wildman–Crippen LogP) is -2.22. The second-order valence-corrected chi connectivity index (χ2v) is 24.1. The van der Waals surface area contributed by atoms with E-state index < -0.39 is 288 Å². The van der Waals surface area contributed by atoms with Crippen LogP contribution in [-0.2, 0) is 205 Å². The van der Waals surface area contributed by atoms with E-state index in [2.05, 4.69) is 0 Å². The van der Waals surface area contributed by atoms with E-state index >= 15 is 0 Å². The van der Waals surface area contributed by atoms with Crippen LogP contribution in [0.2, 0.25) is 0 Å². The van der Waals surface area contributed by atoms with Gasteiger partial charge in [-0.15, -0.1) is 0 Å². The van der Waals surface area contributed by atoms with Crippen LogP contribution in [0.5, 0.6) is 0 Å². The highest BCUT2D eigenvalue weighted by atomic mass is 16.8. The molecule has 1 unspecified atom stereocenters. The second-order valence-electron chi connectivity index (χ2n) is 24.1. The summed E-state index contributed by atoms with van der Waals surface area (Å²) in [5.74, 6) is -18.8. The fourth-order valence-electron chi connectivity index (χ4n) is 11.6. The number of ether oxygens (including phenoxy) is 26. The molecule has 0 amide bonds. The van der Waals surface area contributed by atoms with Gasteiger partial charge in [0.15, 0.2) is 111 Å². The van der Waals surface area contributed by atoms with Crippen molar-refractivity contribution in [2.75, 3.05) is 33.0 Å². The zero-order chi connectivity index (χ0) is 80.2. The Labute approximate surface area is 608 Å². The Kier molecular flexibility index (Phi) is 33.4. The van der Waals surface area contributed by atoms with E-state index in [4.69, 9.17) is 123 Å². The van der Waals surface area contributed by atoms with Crippen molar-refractivity contribution in [2.24, 2.45) is 0 Å². The van der Waals surface area contributed by atoms with Gasteiger partial charge in [0.25, 0.3) is 0 Å². The molecule has 0 spiro atoms. The van der Waals surface area contributed by atoms with Gasteiger partial charge in [-0.2, -0.15) is 0 Å². The molecular weight excluding hydrogens is 1460 g/mol. The van der Waals surface area contributed by atoms with Crippen molar-refractivity contribution in [2.45, 2.75) is 271 Å². The molecule has 600 valence electrons. The van der Waals surface area contributed by atoms with E-state index in [-0.39, 0.29) is 0 Å². The monoisotopic (exact) mass is 1540 g/mol. The van der Waals surface area contributed by atoms with Gasteiger partial charge in [0.05, 0.1) is 6.61 Å². The Morgan fingerprint density at radius 2 is 0.355 bits per heavy atom. The summed E-state index contributed by atoms with van der Waals surface area (Å²) in [6.45, 7) is 10.6. The topological polar surface area (TPSA) is 530 Å². The first-order valence-corrected chi connectivity index (χ1v) is 32.7. The number of carbonyl (C=O) groups is 17. The molecular formula is C64H86O43. The highest BCUT2D eigenvalue weighted by molar-refractivity contribution is 5.72. The second kappa shape index (κ2) is 40.5. The van der Waals surface area contributed by atoms with E-state index in [1.54, 1.807) is 0 Å². The summed E-state index contributed by atoms with van der Waals surface area (Å²) in [5, 5.41) is 0. The highest BCUT2D eigenvalue weighted by Gasteiger charge is 2.63. The molecule has 5 saturated heterocycles. The van der Waals surface area contributed by atoms with Crippen LogP contribution in [0.1, 0.15) is 118 Å². The van der Waals surface area contributed by atoms with Gasteiger partial charge in [-0.1, -0.05) is 0 Å². The normalized spacial score (nSPS) is 32.3. The van der Waals surface area contributed by atoms with Crippen molar-refractivity contribution in [3.05, 3.63) is 0 Å². The summed E-state index contributed by atoms with van der Waals surface area (Å²) < 4.78 is 153. The lowest BCUT2D eigenvalue weighted by atomic mass is 9.95. The van der Waals surface area contributed by atoms with Crippen LogP contribution < -0.4 is 0 Å². The number of hydrogen-bond acceptors (Lipinski definition) is 43. The Morgan fingerprint density at radius 1 is 0.178 bits per heavy atom. The molecule has 0 aliphatic carbocycles. The van der Waals surface area contributed by atoms with Crippen LogP contribution in [0.4, 0.5) is 0 Å². The van der Waals surface area contributed by atoms with Crippen LogP contribution in [0.15, 0.2) is 0 Å². The fourth-order valence-corrected chi connectivity index (χ4v) is 11.6. The molecule has 0 bridgehead atoms. The molecule has 0 aromatic heterocycles. The first-order chi connectivity index (χ1) is 50.0. The first-order valence-electron chi connectivity index (χ1n) is 32.7. The summed E-state index contributed by atoms with van der Waals surface area (Å²) in [6.07, 6.45) is -52.2. The molecule has 5 heterocycles. The van der Waals surface area contributed by atoms with Gasteiger partial charge in [0.2, 0.25) is 6.29 Å². The number of hydrogen-bond donors (Lipinski definition) is 0. The summed E-state index contributed by atoms with van der Waals surface area (Å²) in [7, 11) is 0. The third-order valence-electron chi connectivity index (χ3n) is 15.0. The van der Waals surface area contributed by atoms with E-state index in [1.807, 2.05) is 0 Å².